The molecule has 3 aromatic rings. The molecule has 0 bridgehead atoms. The van der Waals surface area contributed by atoms with Gasteiger partial charge in [0.25, 0.3) is 5.56 Å². The van der Waals surface area contributed by atoms with Gasteiger partial charge < -0.3 is 4.74 Å². The first-order valence-electron chi connectivity index (χ1n) is 6.54. The molecule has 0 N–H and O–H groups in total. The molecule has 0 atom stereocenters. The Labute approximate surface area is 145 Å². The van der Waals surface area contributed by atoms with Crippen molar-refractivity contribution >= 4 is 45.5 Å². The van der Waals surface area contributed by atoms with E-state index in [0.29, 0.717) is 15.7 Å². The second kappa shape index (κ2) is 6.31. The summed E-state index contributed by atoms with van der Waals surface area (Å²) < 4.78 is 6.68. The minimum atomic E-state index is -0.601. The highest BCUT2D eigenvalue weighted by molar-refractivity contribution is 7.15. The number of nitrogens with zero attached hydrogens (tertiary/aromatic N) is 2. The lowest BCUT2D eigenvalue weighted by molar-refractivity contribution is 0.0468. The molecule has 0 aliphatic rings. The maximum atomic E-state index is 12.0. The Kier molecular flexibility index (Phi) is 4.39. The zero-order chi connectivity index (χ0) is 16.6. The van der Waals surface area contributed by atoms with Gasteiger partial charge in [-0.2, -0.15) is 0 Å². The predicted molar refractivity (Wildman–Crippen MR) is 89.7 cm³/mol. The van der Waals surface area contributed by atoms with Crippen LogP contribution in [0.5, 0.6) is 0 Å². The second-order valence-corrected chi connectivity index (χ2v) is 6.46. The molecule has 2 aromatic heterocycles. The molecule has 0 saturated heterocycles. The topological polar surface area (TPSA) is 60.7 Å². The van der Waals surface area contributed by atoms with E-state index in [1.807, 2.05) is 12.3 Å². The van der Waals surface area contributed by atoms with Gasteiger partial charge in [-0.25, -0.2) is 9.78 Å². The highest BCUT2D eigenvalue weighted by Crippen LogP contribution is 2.22. The third kappa shape index (κ3) is 3.24. The summed E-state index contributed by atoms with van der Waals surface area (Å²) in [5, 5.41) is 2.48. The summed E-state index contributed by atoms with van der Waals surface area (Å²) in [6.07, 6.45) is 0. The van der Waals surface area contributed by atoms with E-state index in [0.717, 1.165) is 5.69 Å². The monoisotopic (exact) mass is 368 g/mol. The minimum absolute atomic E-state index is 0.111. The van der Waals surface area contributed by atoms with Crippen molar-refractivity contribution in [1.29, 1.82) is 0 Å². The maximum absolute atomic E-state index is 12.0. The average molecular weight is 369 g/mol. The van der Waals surface area contributed by atoms with E-state index in [-0.39, 0.29) is 22.8 Å². The number of benzene rings is 1. The number of hydrogen-bond acceptors (Lipinski definition) is 5. The Morgan fingerprint density at radius 1 is 1.35 bits per heavy atom. The first kappa shape index (κ1) is 16.0. The van der Waals surface area contributed by atoms with Gasteiger partial charge in [0.2, 0.25) is 0 Å². The maximum Gasteiger partial charge on any atom is 0.340 e. The van der Waals surface area contributed by atoms with E-state index in [1.165, 1.54) is 33.9 Å². The fourth-order valence-corrected chi connectivity index (χ4v) is 3.42. The summed E-state index contributed by atoms with van der Waals surface area (Å²) in [5.74, 6) is -0.601. The second-order valence-electron chi connectivity index (χ2n) is 4.78. The van der Waals surface area contributed by atoms with E-state index in [1.54, 1.807) is 6.07 Å². The van der Waals surface area contributed by atoms with Gasteiger partial charge in [0, 0.05) is 22.2 Å². The SMILES string of the molecule is Cc1csc2nc(COC(=O)c3ccc(Cl)cc3Cl)cc(=O)n12. The summed E-state index contributed by atoms with van der Waals surface area (Å²) >= 11 is 13.1. The number of carbonyl (C=O) groups is 1. The lowest BCUT2D eigenvalue weighted by Crippen LogP contribution is -2.16. The van der Waals surface area contributed by atoms with Crippen LogP contribution in [0, 0.1) is 6.92 Å². The van der Waals surface area contributed by atoms with Crippen molar-refractivity contribution in [3.63, 3.8) is 0 Å². The molecule has 23 heavy (non-hydrogen) atoms. The summed E-state index contributed by atoms with van der Waals surface area (Å²) in [6.45, 7) is 1.72. The molecule has 5 nitrogen and oxygen atoms in total. The van der Waals surface area contributed by atoms with Gasteiger partial charge in [-0.05, 0) is 25.1 Å². The largest absolute Gasteiger partial charge is 0.456 e. The lowest BCUT2D eigenvalue weighted by Gasteiger charge is -2.06. The number of thiazole rings is 1. The number of hydrogen-bond donors (Lipinski definition) is 0. The first-order chi connectivity index (χ1) is 11.0. The van der Waals surface area contributed by atoms with Crippen molar-refractivity contribution in [3.8, 4) is 0 Å². The smallest absolute Gasteiger partial charge is 0.340 e. The van der Waals surface area contributed by atoms with Crippen molar-refractivity contribution in [3.05, 3.63) is 67.0 Å². The molecule has 0 spiro atoms. The van der Waals surface area contributed by atoms with Crippen molar-refractivity contribution in [2.75, 3.05) is 0 Å². The van der Waals surface area contributed by atoms with Crippen LogP contribution in [-0.2, 0) is 11.3 Å². The van der Waals surface area contributed by atoms with Crippen LogP contribution in [0.25, 0.3) is 4.96 Å². The quantitative estimate of drug-likeness (QED) is 0.660. The lowest BCUT2D eigenvalue weighted by atomic mass is 10.2. The zero-order valence-corrected chi connectivity index (χ0v) is 14.2. The Balaban J connectivity index is 1.80. The molecule has 0 aliphatic carbocycles. The van der Waals surface area contributed by atoms with Gasteiger partial charge in [0.15, 0.2) is 4.96 Å². The van der Waals surface area contributed by atoms with E-state index in [9.17, 15) is 9.59 Å². The number of aromatic nitrogens is 2. The summed E-state index contributed by atoms with van der Waals surface area (Å²) in [7, 11) is 0. The van der Waals surface area contributed by atoms with Crippen molar-refractivity contribution in [2.24, 2.45) is 0 Å². The molecule has 0 saturated carbocycles. The van der Waals surface area contributed by atoms with Gasteiger partial charge in [0.1, 0.15) is 6.61 Å². The van der Waals surface area contributed by atoms with Crippen LogP contribution < -0.4 is 5.56 Å². The van der Waals surface area contributed by atoms with E-state index >= 15 is 0 Å². The molecule has 0 fully saturated rings. The number of rotatable bonds is 3. The summed E-state index contributed by atoms with van der Waals surface area (Å²) in [4.78, 5) is 29.0. The van der Waals surface area contributed by atoms with Gasteiger partial charge in [0.05, 0.1) is 16.3 Å². The van der Waals surface area contributed by atoms with Gasteiger partial charge in [-0.1, -0.05) is 23.2 Å². The van der Waals surface area contributed by atoms with Crippen LogP contribution in [0.4, 0.5) is 0 Å². The van der Waals surface area contributed by atoms with Crippen LogP contribution in [0.3, 0.4) is 0 Å². The predicted octanol–water partition coefficient (Wildman–Crippen LogP) is 3.73. The number of ether oxygens (including phenoxy) is 1. The van der Waals surface area contributed by atoms with Crippen molar-refractivity contribution < 1.29 is 9.53 Å². The van der Waals surface area contributed by atoms with Crippen LogP contribution in [-0.4, -0.2) is 15.4 Å². The van der Waals surface area contributed by atoms with E-state index in [4.69, 9.17) is 27.9 Å². The average Bonchev–Trinajstić information content (AvgIpc) is 2.86. The van der Waals surface area contributed by atoms with E-state index < -0.39 is 5.97 Å². The van der Waals surface area contributed by atoms with Gasteiger partial charge in [-0.15, -0.1) is 11.3 Å². The molecule has 3 rings (SSSR count). The molecular weight excluding hydrogens is 359 g/mol. The molecule has 118 valence electrons. The molecule has 8 heteroatoms. The third-order valence-corrected chi connectivity index (χ3v) is 4.62. The Morgan fingerprint density at radius 3 is 2.87 bits per heavy atom. The van der Waals surface area contributed by atoms with Crippen molar-refractivity contribution in [2.45, 2.75) is 13.5 Å². The third-order valence-electron chi connectivity index (χ3n) is 3.13. The number of carbonyl (C=O) groups excluding carboxylic acids is 1. The van der Waals surface area contributed by atoms with Crippen LogP contribution in [0.2, 0.25) is 10.0 Å². The highest BCUT2D eigenvalue weighted by Gasteiger charge is 2.14. The molecule has 0 aliphatic heterocycles. The van der Waals surface area contributed by atoms with Gasteiger partial charge >= 0.3 is 5.97 Å². The fourth-order valence-electron chi connectivity index (χ4n) is 2.05. The zero-order valence-electron chi connectivity index (χ0n) is 11.9. The Hall–Kier alpha value is -1.89. The standard InChI is InChI=1S/C15H10Cl2N2O3S/c1-8-7-23-15-18-10(5-13(20)19(8)15)6-22-14(21)11-3-2-9(16)4-12(11)17/h2-5,7H,6H2,1H3. The van der Waals surface area contributed by atoms with Crippen LogP contribution in [0.15, 0.2) is 34.4 Å². The highest BCUT2D eigenvalue weighted by atomic mass is 35.5. The summed E-state index contributed by atoms with van der Waals surface area (Å²) in [6, 6.07) is 5.85. The number of esters is 1. The minimum Gasteiger partial charge on any atom is -0.456 e. The fraction of sp³-hybridized carbons (Fsp3) is 0.133. The van der Waals surface area contributed by atoms with Crippen LogP contribution >= 0.6 is 34.5 Å². The van der Waals surface area contributed by atoms with Crippen molar-refractivity contribution in [1.82, 2.24) is 9.38 Å². The van der Waals surface area contributed by atoms with Gasteiger partial charge in [-0.3, -0.25) is 9.20 Å². The molecule has 0 radical (unpaired) electrons. The summed E-state index contributed by atoms with van der Waals surface area (Å²) in [5.41, 5.74) is 1.21. The molecule has 1 aromatic carbocycles. The number of aryl methyl sites for hydroxylation is 1. The Bertz CT molecular complexity index is 965. The van der Waals surface area contributed by atoms with Crippen LogP contribution in [0.1, 0.15) is 21.7 Å². The molecule has 0 unspecified atom stereocenters. The molecular formula is C15H10Cl2N2O3S. The molecule has 2 heterocycles. The number of halogens is 2. The normalized spacial score (nSPS) is 10.9. The first-order valence-corrected chi connectivity index (χ1v) is 8.18. The van der Waals surface area contributed by atoms with E-state index in [2.05, 4.69) is 4.98 Å². The number of fused-ring (bicyclic) bond motifs is 1. The molecule has 0 amide bonds. The Morgan fingerprint density at radius 2 is 2.13 bits per heavy atom.